The Kier molecular flexibility index (Phi) is 13.1. The van der Waals surface area contributed by atoms with Crippen LogP contribution in [0.15, 0.2) is 0 Å². The molecule has 16 heteroatoms. The van der Waals surface area contributed by atoms with Crippen LogP contribution in [0.25, 0.3) is 0 Å². The van der Waals surface area contributed by atoms with Gasteiger partial charge in [0.1, 0.15) is 0 Å². The van der Waals surface area contributed by atoms with Gasteiger partial charge in [0.25, 0.3) is 0 Å². The minimum absolute atomic E-state index is 0. The fourth-order valence-electron chi connectivity index (χ4n) is 0. The van der Waals surface area contributed by atoms with Gasteiger partial charge in [-0.2, -0.15) is 0 Å². The van der Waals surface area contributed by atoms with Crippen molar-refractivity contribution in [3.05, 3.63) is 0 Å². The van der Waals surface area contributed by atoms with Crippen LogP contribution in [-0.2, 0) is 0 Å². The Labute approximate surface area is 83.3 Å². The van der Waals surface area contributed by atoms with Gasteiger partial charge in [0.15, 0.2) is 0 Å². The molecule has 0 N–H and O–H groups in total. The molecule has 0 aliphatic rings. The minimum atomic E-state index is -6.00. The van der Waals surface area contributed by atoms with Gasteiger partial charge >= 0.3 is 30.2 Å². The van der Waals surface area contributed by atoms with Gasteiger partial charge in [-0.05, 0) is 0 Å². The second-order valence-electron chi connectivity index (χ2n) is 1.48. The van der Waals surface area contributed by atoms with E-state index in [4.69, 9.17) is 0 Å². The fourth-order valence-corrected chi connectivity index (χ4v) is 0. The zero-order chi connectivity index (χ0) is 13.5. The summed E-state index contributed by atoms with van der Waals surface area (Å²) in [6.07, 6.45) is 0. The molecule has 0 aromatic rings. The third-order valence-electron chi connectivity index (χ3n) is 0. The van der Waals surface area contributed by atoms with E-state index in [2.05, 4.69) is 0 Å². The van der Waals surface area contributed by atoms with Crippen LogP contribution in [-0.4, -0.2) is 30.2 Å². The Morgan fingerprint density at radius 1 is 0.312 bits per heavy atom. The molecule has 0 fully saturated rings. The van der Waals surface area contributed by atoms with Crippen molar-refractivity contribution in [1.29, 1.82) is 0 Å². The SMILES string of the molecule is F[B-](F)(F)F.F[B-](F)(F)F.F[B-](F)(F)F.[B+3]. The van der Waals surface area contributed by atoms with Crippen molar-refractivity contribution in [2.45, 2.75) is 0 Å². The number of hydrogen-bond acceptors (Lipinski definition) is 0. The van der Waals surface area contributed by atoms with Gasteiger partial charge in [0, 0.05) is 0 Å². The Morgan fingerprint density at radius 2 is 0.312 bits per heavy atom. The molecule has 0 saturated heterocycles. The van der Waals surface area contributed by atoms with Crippen LogP contribution in [0.4, 0.5) is 51.8 Å². The van der Waals surface area contributed by atoms with E-state index in [1.165, 1.54) is 0 Å². The molecule has 0 amide bonds. The molecule has 16 heavy (non-hydrogen) atoms. The van der Waals surface area contributed by atoms with E-state index in [1.54, 1.807) is 0 Å². The zero-order valence-electron chi connectivity index (χ0n) is 6.84. The molecule has 0 aromatic carbocycles. The van der Waals surface area contributed by atoms with E-state index in [9.17, 15) is 51.8 Å². The summed E-state index contributed by atoms with van der Waals surface area (Å²) in [4.78, 5) is 0. The molecule has 96 valence electrons. The van der Waals surface area contributed by atoms with E-state index in [-0.39, 0.29) is 8.41 Å². The molecule has 0 aromatic heterocycles. The number of halogens is 12. The average Bonchev–Trinajstić information content (AvgIpc) is 1.41. The second-order valence-corrected chi connectivity index (χ2v) is 1.48. The molecule has 0 saturated carbocycles. The van der Waals surface area contributed by atoms with Gasteiger partial charge < -0.3 is 51.8 Å². The van der Waals surface area contributed by atoms with Crippen LogP contribution < -0.4 is 0 Å². The summed E-state index contributed by atoms with van der Waals surface area (Å²) in [5.41, 5.74) is 0. The van der Waals surface area contributed by atoms with E-state index in [1.807, 2.05) is 0 Å². The van der Waals surface area contributed by atoms with Crippen molar-refractivity contribution in [3.63, 3.8) is 0 Å². The van der Waals surface area contributed by atoms with Gasteiger partial charge in [0.2, 0.25) is 0 Å². The predicted molar refractivity (Wildman–Crippen MR) is 36.3 cm³/mol. The summed E-state index contributed by atoms with van der Waals surface area (Å²) < 4.78 is 117. The number of hydrogen-bond donors (Lipinski definition) is 0. The van der Waals surface area contributed by atoms with Crippen LogP contribution >= 0.6 is 0 Å². The van der Waals surface area contributed by atoms with E-state index < -0.39 is 21.8 Å². The van der Waals surface area contributed by atoms with Crippen molar-refractivity contribution >= 4 is 30.2 Å². The molecule has 0 aliphatic carbocycles. The van der Waals surface area contributed by atoms with Gasteiger partial charge in [-0.15, -0.1) is 0 Å². The summed E-state index contributed by atoms with van der Waals surface area (Å²) in [7, 11) is -18.0. The number of rotatable bonds is 0. The van der Waals surface area contributed by atoms with Crippen molar-refractivity contribution in [2.75, 3.05) is 0 Å². The molecular weight excluding hydrogens is 271 g/mol. The van der Waals surface area contributed by atoms with Crippen LogP contribution in [0.5, 0.6) is 0 Å². The summed E-state index contributed by atoms with van der Waals surface area (Å²) in [6.45, 7) is 0. The van der Waals surface area contributed by atoms with Gasteiger partial charge in [-0.1, -0.05) is 0 Å². The molecule has 0 spiro atoms. The molecule has 0 radical (unpaired) electrons. The molecule has 0 nitrogen and oxygen atoms in total. The molecule has 0 bridgehead atoms. The van der Waals surface area contributed by atoms with Gasteiger partial charge in [-0.3, -0.25) is 0 Å². The summed E-state index contributed by atoms with van der Waals surface area (Å²) in [5.74, 6) is 0. The first kappa shape index (κ1) is 24.6. The summed E-state index contributed by atoms with van der Waals surface area (Å²) in [5, 5.41) is 0. The molecule has 0 unspecified atom stereocenters. The zero-order valence-corrected chi connectivity index (χ0v) is 6.84. The molecule has 0 aliphatic heterocycles. The second kappa shape index (κ2) is 8.56. The van der Waals surface area contributed by atoms with Crippen molar-refractivity contribution in [1.82, 2.24) is 0 Å². The quantitative estimate of drug-likeness (QED) is 0.467. The largest absolute Gasteiger partial charge is 3.00 e. The van der Waals surface area contributed by atoms with E-state index in [0.717, 1.165) is 0 Å². The summed E-state index contributed by atoms with van der Waals surface area (Å²) in [6, 6.07) is 0. The Hall–Kier alpha value is -0.580. The first-order valence-electron chi connectivity index (χ1n) is 2.62. The molecular formula is B4F12. The maximum absolute atomic E-state index is 9.75. The third kappa shape index (κ3) is 6150. The van der Waals surface area contributed by atoms with Gasteiger partial charge in [0.05, 0.1) is 0 Å². The molecule has 0 atom stereocenters. The standard InChI is InChI=1S/3BF4.B/c3*2-1(3,4)5;/q3*-1;+3. The van der Waals surface area contributed by atoms with Crippen LogP contribution in [0, 0.1) is 0 Å². The maximum atomic E-state index is 9.75. The van der Waals surface area contributed by atoms with Crippen LogP contribution in [0.1, 0.15) is 0 Å². The first-order chi connectivity index (χ1) is 6.00. The average molecular weight is 271 g/mol. The van der Waals surface area contributed by atoms with Crippen LogP contribution in [0.3, 0.4) is 0 Å². The van der Waals surface area contributed by atoms with Crippen molar-refractivity contribution in [3.8, 4) is 0 Å². The Balaban J connectivity index is -0.0000000655. The Bertz CT molecular complexity index is 88.0. The van der Waals surface area contributed by atoms with Crippen molar-refractivity contribution in [2.24, 2.45) is 0 Å². The normalized spacial score (nSPS) is 11.2. The van der Waals surface area contributed by atoms with Crippen molar-refractivity contribution < 1.29 is 51.8 Å². The monoisotopic (exact) mass is 272 g/mol. The summed E-state index contributed by atoms with van der Waals surface area (Å²) >= 11 is 0. The maximum Gasteiger partial charge on any atom is 3.00 e. The van der Waals surface area contributed by atoms with Crippen LogP contribution in [0.2, 0.25) is 0 Å². The van der Waals surface area contributed by atoms with E-state index >= 15 is 0 Å². The third-order valence-corrected chi connectivity index (χ3v) is 0. The fraction of sp³-hybridized carbons (Fsp3) is 0. The minimum Gasteiger partial charge on any atom is -0.418 e. The molecule has 0 rings (SSSR count). The smallest absolute Gasteiger partial charge is 0.418 e. The Morgan fingerprint density at radius 3 is 0.312 bits per heavy atom. The topological polar surface area (TPSA) is 0 Å². The first-order valence-corrected chi connectivity index (χ1v) is 2.62. The molecule has 0 heterocycles. The predicted octanol–water partition coefficient (Wildman–Crippen LogP) is 3.52. The van der Waals surface area contributed by atoms with E-state index in [0.29, 0.717) is 0 Å². The van der Waals surface area contributed by atoms with Gasteiger partial charge in [-0.25, -0.2) is 0 Å².